The summed E-state index contributed by atoms with van der Waals surface area (Å²) < 4.78 is 0. The van der Waals surface area contributed by atoms with Crippen molar-refractivity contribution < 1.29 is 0 Å². The van der Waals surface area contributed by atoms with E-state index in [-0.39, 0.29) is 0 Å². The fourth-order valence-electron chi connectivity index (χ4n) is 1.37. The van der Waals surface area contributed by atoms with E-state index in [1.54, 1.807) is 0 Å². The Balaban J connectivity index is 3.70. The second kappa shape index (κ2) is 6.41. The highest BCUT2D eigenvalue weighted by molar-refractivity contribution is 4.76. The van der Waals surface area contributed by atoms with E-state index in [0.717, 1.165) is 13.0 Å². The summed E-state index contributed by atoms with van der Waals surface area (Å²) in [5, 5.41) is 0. The third-order valence-corrected chi connectivity index (χ3v) is 2.05. The highest BCUT2D eigenvalue weighted by Gasteiger charge is 2.07. The molecular weight excluding hydrogens is 134 g/mol. The van der Waals surface area contributed by atoms with E-state index in [0.29, 0.717) is 6.04 Å². The smallest absolute Gasteiger partial charge is 0.0101 e. The Hall–Kier alpha value is -0.300. The van der Waals surface area contributed by atoms with Crippen LogP contribution in [0.3, 0.4) is 0 Å². The highest BCUT2D eigenvalue weighted by Crippen LogP contribution is 2.04. The zero-order valence-electron chi connectivity index (χ0n) is 8.14. The van der Waals surface area contributed by atoms with E-state index in [1.165, 1.54) is 13.0 Å². The predicted octanol–water partition coefficient (Wildman–Crippen LogP) is 2.68. The maximum Gasteiger partial charge on any atom is 0.0101 e. The van der Waals surface area contributed by atoms with Crippen LogP contribution in [0.25, 0.3) is 0 Å². The minimum absolute atomic E-state index is 0.664. The van der Waals surface area contributed by atoms with Gasteiger partial charge in [0.1, 0.15) is 0 Å². The molecule has 0 radical (unpaired) electrons. The second-order valence-corrected chi connectivity index (χ2v) is 3.00. The average Bonchev–Trinajstić information content (AvgIpc) is 2.00. The maximum atomic E-state index is 3.75. The fraction of sp³-hybridized carbons (Fsp3) is 0.800. The van der Waals surface area contributed by atoms with Gasteiger partial charge in [0.05, 0.1) is 0 Å². The van der Waals surface area contributed by atoms with Crippen LogP contribution in [-0.4, -0.2) is 24.0 Å². The molecule has 0 saturated carbocycles. The van der Waals surface area contributed by atoms with E-state index in [4.69, 9.17) is 0 Å². The van der Waals surface area contributed by atoms with Crippen LogP contribution in [-0.2, 0) is 0 Å². The van der Waals surface area contributed by atoms with Gasteiger partial charge in [-0.1, -0.05) is 19.9 Å². The summed E-state index contributed by atoms with van der Waals surface area (Å²) in [4.78, 5) is 2.49. The van der Waals surface area contributed by atoms with Gasteiger partial charge in [0.25, 0.3) is 0 Å². The molecule has 11 heavy (non-hydrogen) atoms. The van der Waals surface area contributed by atoms with Gasteiger partial charge in [-0.3, -0.25) is 0 Å². The zero-order valence-corrected chi connectivity index (χ0v) is 8.14. The van der Waals surface area contributed by atoms with Crippen molar-refractivity contribution in [3.05, 3.63) is 12.7 Å². The molecule has 0 N–H and O–H groups in total. The third-order valence-electron chi connectivity index (χ3n) is 2.05. The number of hydrogen-bond acceptors (Lipinski definition) is 1. The van der Waals surface area contributed by atoms with Crippen LogP contribution in [0, 0.1) is 0 Å². The summed E-state index contributed by atoms with van der Waals surface area (Å²) in [6.45, 7) is 12.8. The lowest BCUT2D eigenvalue weighted by molar-refractivity contribution is 0.221. The Bertz CT molecular complexity index is 99.0. The van der Waals surface area contributed by atoms with E-state index in [9.17, 15) is 0 Å². The molecule has 0 spiro atoms. The Morgan fingerprint density at radius 2 is 2.09 bits per heavy atom. The molecule has 0 aromatic rings. The number of nitrogens with zero attached hydrogens (tertiary/aromatic N) is 1. The first kappa shape index (κ1) is 10.7. The summed E-state index contributed by atoms with van der Waals surface area (Å²) in [5.74, 6) is 0. The molecule has 0 aliphatic rings. The Labute approximate surface area is 71.1 Å². The van der Waals surface area contributed by atoms with Crippen molar-refractivity contribution in [1.82, 2.24) is 4.90 Å². The minimum Gasteiger partial charge on any atom is -0.301 e. The standard InChI is InChI=1S/C10H21N/c1-5-8-10(4)11(7-3)9-6-2/h5,10H,1,6-9H2,2-4H3/t10-/m1/s1. The molecule has 0 aliphatic carbocycles. The molecule has 66 valence electrons. The first-order chi connectivity index (χ1) is 5.26. The summed E-state index contributed by atoms with van der Waals surface area (Å²) >= 11 is 0. The molecule has 0 aromatic heterocycles. The van der Waals surface area contributed by atoms with Gasteiger partial charge in [-0.15, -0.1) is 6.58 Å². The monoisotopic (exact) mass is 155 g/mol. The van der Waals surface area contributed by atoms with Gasteiger partial charge in [-0.2, -0.15) is 0 Å². The van der Waals surface area contributed by atoms with E-state index >= 15 is 0 Å². The molecule has 0 amide bonds. The van der Waals surface area contributed by atoms with Crippen molar-refractivity contribution >= 4 is 0 Å². The molecule has 0 bridgehead atoms. The molecule has 1 nitrogen and oxygen atoms in total. The molecule has 0 heterocycles. The predicted molar refractivity (Wildman–Crippen MR) is 51.8 cm³/mol. The summed E-state index contributed by atoms with van der Waals surface area (Å²) in [6.07, 6.45) is 4.35. The third kappa shape index (κ3) is 4.20. The van der Waals surface area contributed by atoms with Gasteiger partial charge in [0.15, 0.2) is 0 Å². The lowest BCUT2D eigenvalue weighted by Gasteiger charge is -2.26. The average molecular weight is 155 g/mol. The van der Waals surface area contributed by atoms with Gasteiger partial charge >= 0.3 is 0 Å². The quantitative estimate of drug-likeness (QED) is 0.533. The SMILES string of the molecule is C=CC[C@@H](C)N(CC)CCC. The highest BCUT2D eigenvalue weighted by atomic mass is 15.1. The molecule has 0 unspecified atom stereocenters. The molecule has 0 aromatic carbocycles. The van der Waals surface area contributed by atoms with Gasteiger partial charge in [-0.25, -0.2) is 0 Å². The van der Waals surface area contributed by atoms with E-state index in [2.05, 4.69) is 32.3 Å². The Morgan fingerprint density at radius 3 is 2.45 bits per heavy atom. The zero-order chi connectivity index (χ0) is 8.69. The molecule has 1 heteroatoms. The normalized spacial score (nSPS) is 13.5. The van der Waals surface area contributed by atoms with Crippen LogP contribution < -0.4 is 0 Å². The van der Waals surface area contributed by atoms with Crippen molar-refractivity contribution in [3.8, 4) is 0 Å². The van der Waals surface area contributed by atoms with Gasteiger partial charge in [0.2, 0.25) is 0 Å². The van der Waals surface area contributed by atoms with Crippen LogP contribution in [0.15, 0.2) is 12.7 Å². The lowest BCUT2D eigenvalue weighted by atomic mass is 10.2. The second-order valence-electron chi connectivity index (χ2n) is 3.00. The van der Waals surface area contributed by atoms with E-state index in [1.807, 2.05) is 6.08 Å². The summed E-state index contributed by atoms with van der Waals surface area (Å²) in [5.41, 5.74) is 0. The molecular formula is C10H21N. The fourth-order valence-corrected chi connectivity index (χ4v) is 1.37. The first-order valence-electron chi connectivity index (χ1n) is 4.61. The lowest BCUT2D eigenvalue weighted by Crippen LogP contribution is -2.33. The minimum atomic E-state index is 0.664. The number of rotatable bonds is 6. The van der Waals surface area contributed by atoms with Crippen LogP contribution >= 0.6 is 0 Å². The molecule has 0 rings (SSSR count). The van der Waals surface area contributed by atoms with Crippen molar-refractivity contribution in [2.75, 3.05) is 13.1 Å². The molecule has 0 saturated heterocycles. The van der Waals surface area contributed by atoms with Crippen molar-refractivity contribution in [3.63, 3.8) is 0 Å². The summed E-state index contributed by atoms with van der Waals surface area (Å²) in [7, 11) is 0. The molecule has 0 aliphatic heterocycles. The van der Waals surface area contributed by atoms with Gasteiger partial charge in [-0.05, 0) is 32.9 Å². The molecule has 1 atom stereocenters. The molecule has 0 fully saturated rings. The maximum absolute atomic E-state index is 3.75. The topological polar surface area (TPSA) is 3.24 Å². The Morgan fingerprint density at radius 1 is 1.45 bits per heavy atom. The summed E-state index contributed by atoms with van der Waals surface area (Å²) in [6, 6.07) is 0.664. The van der Waals surface area contributed by atoms with Crippen LogP contribution in [0.1, 0.15) is 33.6 Å². The first-order valence-corrected chi connectivity index (χ1v) is 4.61. The Kier molecular flexibility index (Phi) is 6.24. The van der Waals surface area contributed by atoms with Crippen LogP contribution in [0.4, 0.5) is 0 Å². The van der Waals surface area contributed by atoms with Gasteiger partial charge in [0, 0.05) is 6.04 Å². The van der Waals surface area contributed by atoms with Crippen LogP contribution in [0.2, 0.25) is 0 Å². The van der Waals surface area contributed by atoms with Crippen molar-refractivity contribution in [2.45, 2.75) is 39.7 Å². The van der Waals surface area contributed by atoms with Gasteiger partial charge < -0.3 is 4.90 Å². The number of hydrogen-bond donors (Lipinski definition) is 0. The van der Waals surface area contributed by atoms with Crippen molar-refractivity contribution in [2.24, 2.45) is 0 Å². The van der Waals surface area contributed by atoms with Crippen LogP contribution in [0.5, 0.6) is 0 Å². The largest absolute Gasteiger partial charge is 0.301 e. The van der Waals surface area contributed by atoms with E-state index < -0.39 is 0 Å². The van der Waals surface area contributed by atoms with Crippen molar-refractivity contribution in [1.29, 1.82) is 0 Å².